The van der Waals surface area contributed by atoms with Crippen molar-refractivity contribution in [3.63, 3.8) is 0 Å². The smallest absolute Gasteiger partial charge is 0.325 e. The van der Waals surface area contributed by atoms with Crippen LogP contribution in [-0.2, 0) is 11.2 Å². The Labute approximate surface area is 175 Å². The number of nitrogens with one attached hydrogen (secondary N) is 3. The van der Waals surface area contributed by atoms with E-state index in [1.807, 2.05) is 13.0 Å². The molecule has 1 aromatic heterocycles. The Morgan fingerprint density at radius 1 is 1.00 bits per heavy atom. The van der Waals surface area contributed by atoms with Gasteiger partial charge in [0, 0.05) is 26.8 Å². The number of urea groups is 1. The van der Waals surface area contributed by atoms with Crippen LogP contribution in [0.4, 0.5) is 21.3 Å². The summed E-state index contributed by atoms with van der Waals surface area (Å²) < 4.78 is 0. The van der Waals surface area contributed by atoms with Gasteiger partial charge in [-0.3, -0.25) is 10.1 Å². The van der Waals surface area contributed by atoms with Gasteiger partial charge in [-0.25, -0.2) is 9.78 Å². The summed E-state index contributed by atoms with van der Waals surface area (Å²) in [6.45, 7) is 1.89. The second kappa shape index (κ2) is 9.05. The minimum Gasteiger partial charge on any atom is -0.325 e. The van der Waals surface area contributed by atoms with Gasteiger partial charge in [0.25, 0.3) is 0 Å². The minimum atomic E-state index is -0.428. The van der Waals surface area contributed by atoms with Crippen LogP contribution < -0.4 is 16.0 Å². The number of carbonyl (C=O) groups is 2. The number of carbonyl (C=O) groups excluding carboxylic acids is 2. The molecule has 3 aromatic rings. The van der Waals surface area contributed by atoms with Crippen LogP contribution in [0.5, 0.6) is 0 Å². The third-order valence-electron chi connectivity index (χ3n) is 3.69. The third-order valence-corrected chi connectivity index (χ3v) is 4.98. The average molecular weight is 435 g/mol. The first-order valence-electron chi connectivity index (χ1n) is 8.23. The standard InChI is InChI=1S/C19H16Cl2N4O2S/c1-11-2-3-13(21)8-16(11)24-17(26)9-15-10-28-19(23-15)25-18(27)22-14-6-4-12(20)5-7-14/h2-8,10H,9H2,1H3,(H,24,26)(H2,22,23,25,27). The second-order valence-electron chi connectivity index (χ2n) is 5.91. The van der Waals surface area contributed by atoms with Crippen molar-refractivity contribution >= 4 is 63.0 Å². The molecule has 3 N–H and O–H groups in total. The van der Waals surface area contributed by atoms with Crippen molar-refractivity contribution in [2.75, 3.05) is 16.0 Å². The molecule has 0 aliphatic rings. The number of aryl methyl sites for hydroxylation is 1. The van der Waals surface area contributed by atoms with E-state index in [0.29, 0.717) is 32.2 Å². The van der Waals surface area contributed by atoms with Crippen LogP contribution in [-0.4, -0.2) is 16.9 Å². The molecule has 0 fully saturated rings. The van der Waals surface area contributed by atoms with Crippen LogP contribution in [0.1, 0.15) is 11.3 Å². The fourth-order valence-electron chi connectivity index (χ4n) is 2.33. The van der Waals surface area contributed by atoms with E-state index in [1.165, 1.54) is 11.3 Å². The van der Waals surface area contributed by atoms with Gasteiger partial charge >= 0.3 is 6.03 Å². The van der Waals surface area contributed by atoms with Crippen molar-refractivity contribution in [2.24, 2.45) is 0 Å². The lowest BCUT2D eigenvalue weighted by Crippen LogP contribution is -2.19. The molecule has 0 saturated heterocycles. The highest BCUT2D eigenvalue weighted by Crippen LogP contribution is 2.21. The molecule has 144 valence electrons. The van der Waals surface area contributed by atoms with Gasteiger partial charge in [-0.1, -0.05) is 29.3 Å². The van der Waals surface area contributed by atoms with Crippen molar-refractivity contribution in [1.82, 2.24) is 4.98 Å². The predicted octanol–water partition coefficient (Wildman–Crippen LogP) is 5.58. The number of amides is 3. The van der Waals surface area contributed by atoms with Crippen molar-refractivity contribution in [2.45, 2.75) is 13.3 Å². The highest BCUT2D eigenvalue weighted by molar-refractivity contribution is 7.14. The first-order chi connectivity index (χ1) is 13.4. The Bertz CT molecular complexity index is 1010. The zero-order chi connectivity index (χ0) is 20.1. The van der Waals surface area contributed by atoms with E-state index in [2.05, 4.69) is 20.9 Å². The molecule has 1 heterocycles. The van der Waals surface area contributed by atoms with Crippen LogP contribution >= 0.6 is 34.5 Å². The molecular weight excluding hydrogens is 419 g/mol. The fraction of sp³-hybridized carbons (Fsp3) is 0.105. The molecule has 2 aromatic carbocycles. The van der Waals surface area contributed by atoms with E-state index in [-0.39, 0.29) is 12.3 Å². The number of halogens is 2. The molecule has 0 aliphatic carbocycles. The number of aromatic nitrogens is 1. The van der Waals surface area contributed by atoms with Crippen LogP contribution in [0.25, 0.3) is 0 Å². The molecule has 0 bridgehead atoms. The van der Waals surface area contributed by atoms with E-state index < -0.39 is 6.03 Å². The van der Waals surface area contributed by atoms with Crippen molar-refractivity contribution in [3.05, 3.63) is 69.1 Å². The minimum absolute atomic E-state index is 0.0862. The summed E-state index contributed by atoms with van der Waals surface area (Å²) in [4.78, 5) is 28.5. The Morgan fingerprint density at radius 2 is 1.71 bits per heavy atom. The quantitative estimate of drug-likeness (QED) is 0.489. The normalized spacial score (nSPS) is 10.4. The predicted molar refractivity (Wildman–Crippen MR) is 115 cm³/mol. The topological polar surface area (TPSA) is 83.1 Å². The van der Waals surface area contributed by atoms with Gasteiger partial charge in [-0.05, 0) is 48.9 Å². The van der Waals surface area contributed by atoms with Gasteiger partial charge in [0.05, 0.1) is 12.1 Å². The lowest BCUT2D eigenvalue weighted by atomic mass is 10.2. The van der Waals surface area contributed by atoms with Crippen LogP contribution in [0.2, 0.25) is 10.0 Å². The van der Waals surface area contributed by atoms with Gasteiger partial charge in [0.2, 0.25) is 5.91 Å². The van der Waals surface area contributed by atoms with Crippen LogP contribution in [0, 0.1) is 6.92 Å². The monoisotopic (exact) mass is 434 g/mol. The van der Waals surface area contributed by atoms with Gasteiger partial charge in [0.15, 0.2) is 5.13 Å². The summed E-state index contributed by atoms with van der Waals surface area (Å²) in [5, 5.41) is 11.4. The number of benzene rings is 2. The van der Waals surface area contributed by atoms with Gasteiger partial charge in [0.1, 0.15) is 0 Å². The molecule has 0 unspecified atom stereocenters. The zero-order valence-corrected chi connectivity index (χ0v) is 17.1. The maximum Gasteiger partial charge on any atom is 0.325 e. The van der Waals surface area contributed by atoms with Gasteiger partial charge in [-0.2, -0.15) is 0 Å². The first kappa shape index (κ1) is 20.1. The van der Waals surface area contributed by atoms with Gasteiger partial charge < -0.3 is 10.6 Å². The molecule has 0 atom stereocenters. The number of thiazole rings is 1. The van der Waals surface area contributed by atoms with E-state index in [9.17, 15) is 9.59 Å². The Morgan fingerprint density at radius 3 is 2.46 bits per heavy atom. The Hall–Kier alpha value is -2.61. The molecular formula is C19H16Cl2N4O2S. The molecule has 28 heavy (non-hydrogen) atoms. The first-order valence-corrected chi connectivity index (χ1v) is 9.86. The molecule has 3 rings (SSSR count). The maximum absolute atomic E-state index is 12.2. The fourth-order valence-corrected chi connectivity index (χ4v) is 3.33. The lowest BCUT2D eigenvalue weighted by Gasteiger charge is -2.08. The summed E-state index contributed by atoms with van der Waals surface area (Å²) in [6.07, 6.45) is 0.0862. The number of hydrogen-bond acceptors (Lipinski definition) is 4. The van der Waals surface area contributed by atoms with E-state index >= 15 is 0 Å². The summed E-state index contributed by atoms with van der Waals surface area (Å²) in [6, 6.07) is 11.6. The molecule has 0 spiro atoms. The summed E-state index contributed by atoms with van der Waals surface area (Å²) >= 11 is 13.0. The van der Waals surface area contributed by atoms with Gasteiger partial charge in [-0.15, -0.1) is 11.3 Å². The van der Waals surface area contributed by atoms with E-state index in [1.54, 1.807) is 41.8 Å². The van der Waals surface area contributed by atoms with Crippen LogP contribution in [0.3, 0.4) is 0 Å². The molecule has 9 heteroatoms. The summed E-state index contributed by atoms with van der Waals surface area (Å²) in [7, 11) is 0. The van der Waals surface area contributed by atoms with E-state index in [4.69, 9.17) is 23.2 Å². The highest BCUT2D eigenvalue weighted by Gasteiger charge is 2.11. The number of rotatable bonds is 5. The Kier molecular flexibility index (Phi) is 6.51. The molecule has 0 aliphatic heterocycles. The molecule has 6 nitrogen and oxygen atoms in total. The van der Waals surface area contributed by atoms with Crippen molar-refractivity contribution in [1.29, 1.82) is 0 Å². The molecule has 3 amide bonds. The van der Waals surface area contributed by atoms with Crippen LogP contribution in [0.15, 0.2) is 47.8 Å². The van der Waals surface area contributed by atoms with E-state index in [0.717, 1.165) is 5.56 Å². The number of anilines is 3. The summed E-state index contributed by atoms with van der Waals surface area (Å²) in [5.41, 5.74) is 2.74. The maximum atomic E-state index is 12.2. The highest BCUT2D eigenvalue weighted by atomic mass is 35.5. The molecule has 0 saturated carbocycles. The lowest BCUT2D eigenvalue weighted by molar-refractivity contribution is -0.115. The third kappa shape index (κ3) is 5.69. The largest absolute Gasteiger partial charge is 0.325 e. The SMILES string of the molecule is Cc1ccc(Cl)cc1NC(=O)Cc1csc(NC(=O)Nc2ccc(Cl)cc2)n1. The number of nitrogens with zero attached hydrogens (tertiary/aromatic N) is 1. The second-order valence-corrected chi connectivity index (χ2v) is 7.65. The Balaban J connectivity index is 1.54. The molecule has 0 radical (unpaired) electrons. The average Bonchev–Trinajstić information content (AvgIpc) is 3.06. The number of hydrogen-bond donors (Lipinski definition) is 3. The zero-order valence-electron chi connectivity index (χ0n) is 14.8. The van der Waals surface area contributed by atoms with Crippen molar-refractivity contribution < 1.29 is 9.59 Å². The summed E-state index contributed by atoms with van der Waals surface area (Å²) in [5.74, 6) is -0.215. The van der Waals surface area contributed by atoms with Crippen molar-refractivity contribution in [3.8, 4) is 0 Å².